The van der Waals surface area contributed by atoms with E-state index in [4.69, 9.17) is 4.74 Å². The molecule has 178 valence electrons. The minimum absolute atomic E-state index is 0.0478. The highest BCUT2D eigenvalue weighted by atomic mass is 32.2. The summed E-state index contributed by atoms with van der Waals surface area (Å²) in [4.78, 5) is 35.1. The summed E-state index contributed by atoms with van der Waals surface area (Å²) >= 11 is 1.36. The fraction of sp³-hybridized carbons (Fsp3) is 0.222. The average Bonchev–Trinajstić information content (AvgIpc) is 3.68. The zero-order chi connectivity index (χ0) is 24.2. The van der Waals surface area contributed by atoms with Gasteiger partial charge in [-0.1, -0.05) is 54.2 Å². The van der Waals surface area contributed by atoms with E-state index in [-0.39, 0.29) is 17.4 Å². The molecule has 0 saturated carbocycles. The first-order valence-electron chi connectivity index (χ1n) is 11.6. The number of thioether (sulfide) groups is 1. The third-order valence-electron chi connectivity index (χ3n) is 6.09. The number of aromatic amines is 1. The number of likely N-dealkylation sites (tertiary alicyclic amines) is 1. The number of benzene rings is 2. The van der Waals surface area contributed by atoms with Crippen molar-refractivity contribution in [2.45, 2.75) is 18.0 Å². The van der Waals surface area contributed by atoms with Gasteiger partial charge in [-0.25, -0.2) is 4.98 Å². The molecule has 7 nitrogen and oxygen atoms in total. The lowest BCUT2D eigenvalue weighted by Crippen LogP contribution is -2.27. The lowest BCUT2D eigenvalue weighted by Gasteiger charge is -2.15. The summed E-state index contributed by atoms with van der Waals surface area (Å²) in [6, 6.07) is 19.4. The molecule has 0 aliphatic carbocycles. The predicted molar refractivity (Wildman–Crippen MR) is 137 cm³/mol. The zero-order valence-electron chi connectivity index (χ0n) is 19.4. The number of ether oxygens (including phenoxy) is 1. The van der Waals surface area contributed by atoms with Gasteiger partial charge in [0.05, 0.1) is 30.4 Å². The minimum atomic E-state index is -0.0671. The second-order valence-electron chi connectivity index (χ2n) is 8.31. The molecule has 1 aliphatic rings. The third-order valence-corrected chi connectivity index (χ3v) is 7.04. The molecular weight excluding hydrogens is 460 g/mol. The second kappa shape index (κ2) is 10.2. The normalized spacial score (nSPS) is 13.2. The highest BCUT2D eigenvalue weighted by Crippen LogP contribution is 2.34. The quantitative estimate of drug-likeness (QED) is 0.277. The number of hydrogen-bond acceptors (Lipinski definition) is 5. The molecule has 3 heterocycles. The molecule has 1 saturated heterocycles. The smallest absolute Gasteiger partial charge is 0.270 e. The van der Waals surface area contributed by atoms with Gasteiger partial charge >= 0.3 is 0 Å². The molecular formula is C27H26N4O3S. The molecule has 8 heteroatoms. The molecule has 0 atom stereocenters. The van der Waals surface area contributed by atoms with E-state index in [9.17, 15) is 9.59 Å². The highest BCUT2D eigenvalue weighted by Gasteiger charge is 2.23. The summed E-state index contributed by atoms with van der Waals surface area (Å²) in [5.74, 6) is 0.790. The number of aromatic nitrogens is 3. The van der Waals surface area contributed by atoms with E-state index in [2.05, 4.69) is 9.97 Å². The molecule has 2 aromatic heterocycles. The van der Waals surface area contributed by atoms with Crippen molar-refractivity contribution >= 4 is 23.5 Å². The van der Waals surface area contributed by atoms with E-state index < -0.39 is 0 Å². The lowest BCUT2D eigenvalue weighted by atomic mass is 10.1. The van der Waals surface area contributed by atoms with Crippen molar-refractivity contribution in [2.75, 3.05) is 26.0 Å². The van der Waals surface area contributed by atoms with Gasteiger partial charge in [0, 0.05) is 30.4 Å². The van der Waals surface area contributed by atoms with Gasteiger partial charge in [0.1, 0.15) is 11.4 Å². The maximum Gasteiger partial charge on any atom is 0.270 e. The number of methoxy groups -OCH3 is 1. The SMILES string of the molecule is COc1ccccc1-n1c(-c2ccccc2)cnc1SCC(=O)c1c[nH]c(C(=O)N2CCCC2)c1. The van der Waals surface area contributed by atoms with Gasteiger partial charge in [0.25, 0.3) is 5.91 Å². The molecule has 35 heavy (non-hydrogen) atoms. The Morgan fingerprint density at radius 1 is 1.06 bits per heavy atom. The van der Waals surface area contributed by atoms with Crippen LogP contribution in [0.3, 0.4) is 0 Å². The van der Waals surface area contributed by atoms with E-state index in [0.717, 1.165) is 42.9 Å². The fourth-order valence-corrected chi connectivity index (χ4v) is 5.16. The lowest BCUT2D eigenvalue weighted by molar-refractivity contribution is 0.0787. The molecule has 0 unspecified atom stereocenters. The van der Waals surface area contributed by atoms with Gasteiger partial charge in [-0.05, 0) is 31.0 Å². The van der Waals surface area contributed by atoms with Crippen LogP contribution in [0.4, 0.5) is 0 Å². The van der Waals surface area contributed by atoms with Crippen molar-refractivity contribution in [1.82, 2.24) is 19.4 Å². The molecule has 0 spiro atoms. The standard InChI is InChI=1S/C27H26N4O3S/c1-34-25-12-6-5-11-22(25)31-23(19-9-3-2-4-10-19)17-29-27(31)35-18-24(32)20-15-21(28-16-20)26(33)30-13-7-8-14-30/h2-6,9-12,15-17,28H,7-8,13-14,18H2,1H3. The fourth-order valence-electron chi connectivity index (χ4n) is 4.28. The summed E-state index contributed by atoms with van der Waals surface area (Å²) in [7, 11) is 1.64. The number of imidazole rings is 1. The number of H-pyrrole nitrogens is 1. The largest absolute Gasteiger partial charge is 0.495 e. The first-order chi connectivity index (χ1) is 17.2. The van der Waals surface area contributed by atoms with Crippen molar-refractivity contribution in [3.05, 3.63) is 84.3 Å². The van der Waals surface area contributed by atoms with Gasteiger partial charge in [-0.15, -0.1) is 0 Å². The Kier molecular flexibility index (Phi) is 6.72. The van der Waals surface area contributed by atoms with Crippen LogP contribution in [0.5, 0.6) is 5.75 Å². The molecule has 1 amide bonds. The van der Waals surface area contributed by atoms with Crippen LogP contribution in [-0.2, 0) is 0 Å². The number of nitrogens with one attached hydrogen (secondary N) is 1. The number of rotatable bonds is 8. The van der Waals surface area contributed by atoms with E-state index in [1.165, 1.54) is 11.8 Å². The van der Waals surface area contributed by atoms with Gasteiger partial charge in [-0.2, -0.15) is 0 Å². The highest BCUT2D eigenvalue weighted by molar-refractivity contribution is 7.99. The number of carbonyl (C=O) groups is 2. The van der Waals surface area contributed by atoms with Gasteiger partial charge in [-0.3, -0.25) is 14.2 Å². The molecule has 0 radical (unpaired) electrons. The summed E-state index contributed by atoms with van der Waals surface area (Å²) in [5, 5.41) is 0.686. The Bertz CT molecular complexity index is 1340. The molecule has 1 aliphatic heterocycles. The monoisotopic (exact) mass is 486 g/mol. The van der Waals surface area contributed by atoms with E-state index in [1.54, 1.807) is 19.4 Å². The number of carbonyl (C=O) groups excluding carboxylic acids is 2. The minimum Gasteiger partial charge on any atom is -0.495 e. The van der Waals surface area contributed by atoms with Crippen molar-refractivity contribution < 1.29 is 14.3 Å². The summed E-state index contributed by atoms with van der Waals surface area (Å²) < 4.78 is 7.63. The Morgan fingerprint density at radius 2 is 1.80 bits per heavy atom. The third kappa shape index (κ3) is 4.74. The van der Waals surface area contributed by atoms with Crippen LogP contribution in [0.2, 0.25) is 0 Å². The molecule has 5 rings (SSSR count). The number of Topliss-reactive ketones (excluding diaryl/α,β-unsaturated/α-hetero) is 1. The van der Waals surface area contributed by atoms with Crippen LogP contribution >= 0.6 is 11.8 Å². The number of amides is 1. The Morgan fingerprint density at radius 3 is 2.57 bits per heavy atom. The summed E-state index contributed by atoms with van der Waals surface area (Å²) in [6.07, 6.45) is 5.49. The Hall–Kier alpha value is -3.78. The van der Waals surface area contributed by atoms with Crippen LogP contribution in [-0.4, -0.2) is 57.1 Å². The van der Waals surface area contributed by atoms with Crippen LogP contribution in [0.25, 0.3) is 16.9 Å². The number of nitrogens with zero attached hydrogens (tertiary/aromatic N) is 3. The molecule has 2 aromatic carbocycles. The second-order valence-corrected chi connectivity index (χ2v) is 9.25. The first kappa shape index (κ1) is 23.0. The van der Waals surface area contributed by atoms with Gasteiger partial charge < -0.3 is 14.6 Å². The van der Waals surface area contributed by atoms with Crippen molar-refractivity contribution in [3.63, 3.8) is 0 Å². The van der Waals surface area contributed by atoms with Crippen molar-refractivity contribution in [2.24, 2.45) is 0 Å². The number of ketones is 1. The molecule has 1 fully saturated rings. The van der Waals surface area contributed by atoms with Crippen LogP contribution in [0.1, 0.15) is 33.7 Å². The van der Waals surface area contributed by atoms with E-state index in [0.29, 0.717) is 22.2 Å². The summed E-state index contributed by atoms with van der Waals surface area (Å²) in [5.41, 5.74) is 3.73. The van der Waals surface area contributed by atoms with E-state index >= 15 is 0 Å². The molecule has 0 bridgehead atoms. The maximum atomic E-state index is 13.0. The molecule has 4 aromatic rings. The van der Waals surface area contributed by atoms with Crippen LogP contribution in [0, 0.1) is 0 Å². The topological polar surface area (TPSA) is 80.2 Å². The maximum absolute atomic E-state index is 13.0. The number of hydrogen-bond donors (Lipinski definition) is 1. The Balaban J connectivity index is 1.39. The van der Waals surface area contributed by atoms with E-state index in [1.807, 2.05) is 70.3 Å². The van der Waals surface area contributed by atoms with Crippen molar-refractivity contribution in [3.8, 4) is 22.7 Å². The zero-order valence-corrected chi connectivity index (χ0v) is 20.3. The van der Waals surface area contributed by atoms with Crippen LogP contribution < -0.4 is 4.74 Å². The Labute approximate surface area is 208 Å². The van der Waals surface area contributed by atoms with Crippen molar-refractivity contribution in [1.29, 1.82) is 0 Å². The van der Waals surface area contributed by atoms with Gasteiger partial charge in [0.15, 0.2) is 10.9 Å². The van der Waals surface area contributed by atoms with Crippen LogP contribution in [0.15, 0.2) is 78.2 Å². The predicted octanol–water partition coefficient (Wildman–Crippen LogP) is 5.09. The van der Waals surface area contributed by atoms with Gasteiger partial charge in [0.2, 0.25) is 0 Å². The average molecular weight is 487 g/mol. The number of para-hydroxylation sites is 2. The first-order valence-corrected chi connectivity index (χ1v) is 12.5. The summed E-state index contributed by atoms with van der Waals surface area (Å²) in [6.45, 7) is 1.54. The molecule has 1 N–H and O–H groups in total.